The molecule has 0 radical (unpaired) electrons. The molecule has 2 heterocycles. The van der Waals surface area contributed by atoms with Gasteiger partial charge < -0.3 is 0 Å². The van der Waals surface area contributed by atoms with E-state index in [0.29, 0.717) is 6.42 Å². The lowest BCUT2D eigenvalue weighted by molar-refractivity contribution is 0.0997. The maximum absolute atomic E-state index is 11.8. The van der Waals surface area contributed by atoms with Gasteiger partial charge in [0, 0.05) is 21.1 Å². The molecule has 0 saturated carbocycles. The van der Waals surface area contributed by atoms with Crippen molar-refractivity contribution in [2.24, 2.45) is 0 Å². The first-order valence-corrected chi connectivity index (χ1v) is 6.75. The van der Waals surface area contributed by atoms with Crippen LogP contribution in [0.5, 0.6) is 0 Å². The van der Waals surface area contributed by atoms with Gasteiger partial charge in [-0.05, 0) is 34.0 Å². The fourth-order valence-corrected chi connectivity index (χ4v) is 3.48. The molecule has 0 aliphatic heterocycles. The molecule has 0 bridgehead atoms. The summed E-state index contributed by atoms with van der Waals surface area (Å²) in [5.74, 6) is 0.189. The minimum atomic E-state index is 0.189. The van der Waals surface area contributed by atoms with Gasteiger partial charge in [0.05, 0.1) is 10.4 Å². The van der Waals surface area contributed by atoms with Crippen LogP contribution in [0, 0.1) is 3.57 Å². The first kappa shape index (κ1) is 10.3. The second kappa shape index (κ2) is 4.50. The number of nitrogens with zero attached hydrogens (tertiary/aromatic N) is 1. The smallest absolute Gasteiger partial charge is 0.179 e. The lowest BCUT2D eigenvalue weighted by atomic mass is 10.2. The van der Waals surface area contributed by atoms with E-state index in [2.05, 4.69) is 27.6 Å². The summed E-state index contributed by atoms with van der Waals surface area (Å²) in [6.45, 7) is 0. The summed E-state index contributed by atoms with van der Waals surface area (Å²) in [6, 6.07) is 1.96. The van der Waals surface area contributed by atoms with Gasteiger partial charge in [0.1, 0.15) is 0 Å². The van der Waals surface area contributed by atoms with Crippen molar-refractivity contribution in [1.29, 1.82) is 0 Å². The van der Waals surface area contributed by atoms with Crippen molar-refractivity contribution in [2.45, 2.75) is 6.42 Å². The Balaban J connectivity index is 2.14. The van der Waals surface area contributed by atoms with Gasteiger partial charge in [-0.3, -0.25) is 9.78 Å². The third-order valence-corrected chi connectivity index (χ3v) is 4.69. The molecule has 14 heavy (non-hydrogen) atoms. The SMILES string of the molecule is O=C(Cc1cncs1)c1sccc1I. The Labute approximate surface area is 103 Å². The number of Topliss-reactive ketones (excluding diaryl/α,β-unsaturated/α-hetero) is 1. The molecule has 2 rings (SSSR count). The van der Waals surface area contributed by atoms with E-state index in [1.54, 1.807) is 11.7 Å². The van der Waals surface area contributed by atoms with E-state index < -0.39 is 0 Å². The number of thiazole rings is 1. The molecular weight excluding hydrogens is 329 g/mol. The quantitative estimate of drug-likeness (QED) is 0.637. The van der Waals surface area contributed by atoms with Crippen molar-refractivity contribution in [3.05, 3.63) is 36.5 Å². The van der Waals surface area contributed by atoms with Gasteiger partial charge in [-0.2, -0.15) is 0 Å². The van der Waals surface area contributed by atoms with E-state index in [-0.39, 0.29) is 5.78 Å². The largest absolute Gasteiger partial charge is 0.293 e. The minimum Gasteiger partial charge on any atom is -0.293 e. The lowest BCUT2D eigenvalue weighted by Crippen LogP contribution is -2.01. The molecule has 0 spiro atoms. The summed E-state index contributed by atoms with van der Waals surface area (Å²) < 4.78 is 1.04. The van der Waals surface area contributed by atoms with Crippen LogP contribution in [0.2, 0.25) is 0 Å². The lowest BCUT2D eigenvalue weighted by Gasteiger charge is -1.95. The molecule has 0 aromatic carbocycles. The highest BCUT2D eigenvalue weighted by Crippen LogP contribution is 2.21. The van der Waals surface area contributed by atoms with Gasteiger partial charge in [-0.15, -0.1) is 22.7 Å². The van der Waals surface area contributed by atoms with Crippen molar-refractivity contribution in [3.63, 3.8) is 0 Å². The third-order valence-electron chi connectivity index (χ3n) is 1.69. The van der Waals surface area contributed by atoms with E-state index in [1.165, 1.54) is 22.7 Å². The van der Waals surface area contributed by atoms with Gasteiger partial charge >= 0.3 is 0 Å². The zero-order valence-electron chi connectivity index (χ0n) is 7.07. The Morgan fingerprint density at radius 2 is 2.36 bits per heavy atom. The van der Waals surface area contributed by atoms with Crippen molar-refractivity contribution in [3.8, 4) is 0 Å². The summed E-state index contributed by atoms with van der Waals surface area (Å²) in [6.07, 6.45) is 2.23. The van der Waals surface area contributed by atoms with Crippen molar-refractivity contribution < 1.29 is 4.79 Å². The summed E-state index contributed by atoms with van der Waals surface area (Å²) in [5, 5.41) is 1.95. The Hall–Kier alpha value is -0.270. The maximum Gasteiger partial charge on any atom is 0.179 e. The molecule has 0 unspecified atom stereocenters. The standard InChI is InChI=1S/C9H6INOS2/c10-7-1-2-13-9(7)8(12)3-6-4-11-5-14-6/h1-2,4-5H,3H2. The Kier molecular flexibility index (Phi) is 3.30. The van der Waals surface area contributed by atoms with E-state index in [9.17, 15) is 4.79 Å². The van der Waals surface area contributed by atoms with Gasteiger partial charge in [0.2, 0.25) is 0 Å². The van der Waals surface area contributed by atoms with Crippen LogP contribution in [-0.2, 0) is 6.42 Å². The average molecular weight is 335 g/mol. The molecule has 5 heteroatoms. The normalized spacial score (nSPS) is 10.4. The van der Waals surface area contributed by atoms with E-state index in [1.807, 2.05) is 11.4 Å². The van der Waals surface area contributed by atoms with Crippen molar-refractivity contribution in [1.82, 2.24) is 4.98 Å². The number of hydrogen-bond donors (Lipinski definition) is 0. The molecule has 0 fully saturated rings. The molecule has 0 amide bonds. The van der Waals surface area contributed by atoms with Crippen LogP contribution in [0.1, 0.15) is 14.5 Å². The van der Waals surface area contributed by atoms with Crippen molar-refractivity contribution in [2.75, 3.05) is 0 Å². The number of aromatic nitrogens is 1. The van der Waals surface area contributed by atoms with Crippen LogP contribution < -0.4 is 0 Å². The zero-order valence-corrected chi connectivity index (χ0v) is 10.9. The van der Waals surface area contributed by atoms with E-state index in [0.717, 1.165) is 13.3 Å². The second-order valence-corrected chi connectivity index (χ2v) is 5.71. The number of halogens is 1. The molecule has 72 valence electrons. The minimum absolute atomic E-state index is 0.189. The van der Waals surface area contributed by atoms with Crippen LogP contribution in [-0.4, -0.2) is 10.8 Å². The number of carbonyl (C=O) groups is 1. The Morgan fingerprint density at radius 3 is 2.93 bits per heavy atom. The number of hydrogen-bond acceptors (Lipinski definition) is 4. The molecule has 2 aromatic heterocycles. The van der Waals surface area contributed by atoms with Gasteiger partial charge in [-0.1, -0.05) is 0 Å². The highest BCUT2D eigenvalue weighted by molar-refractivity contribution is 14.1. The summed E-state index contributed by atoms with van der Waals surface area (Å²) in [7, 11) is 0. The monoisotopic (exact) mass is 335 g/mol. The number of carbonyl (C=O) groups excluding carboxylic acids is 1. The van der Waals surface area contributed by atoms with E-state index in [4.69, 9.17) is 0 Å². The molecule has 0 aliphatic rings. The van der Waals surface area contributed by atoms with Crippen LogP contribution in [0.4, 0.5) is 0 Å². The van der Waals surface area contributed by atoms with Gasteiger partial charge in [0.25, 0.3) is 0 Å². The van der Waals surface area contributed by atoms with Crippen LogP contribution in [0.3, 0.4) is 0 Å². The first-order chi connectivity index (χ1) is 6.77. The number of rotatable bonds is 3. The number of ketones is 1. The molecule has 0 atom stereocenters. The fraction of sp³-hybridized carbons (Fsp3) is 0.111. The average Bonchev–Trinajstić information content (AvgIpc) is 2.75. The van der Waals surface area contributed by atoms with Gasteiger partial charge in [0.15, 0.2) is 5.78 Å². The topological polar surface area (TPSA) is 30.0 Å². The zero-order chi connectivity index (χ0) is 9.97. The molecular formula is C9H6INOS2. The molecule has 2 nitrogen and oxygen atoms in total. The molecule has 0 aliphatic carbocycles. The van der Waals surface area contributed by atoms with Gasteiger partial charge in [-0.25, -0.2) is 0 Å². The highest BCUT2D eigenvalue weighted by atomic mass is 127. The Morgan fingerprint density at radius 1 is 1.50 bits per heavy atom. The second-order valence-electron chi connectivity index (χ2n) is 2.67. The Bertz CT molecular complexity index is 435. The maximum atomic E-state index is 11.8. The first-order valence-electron chi connectivity index (χ1n) is 3.91. The third kappa shape index (κ3) is 2.21. The van der Waals surface area contributed by atoms with Crippen LogP contribution in [0.25, 0.3) is 0 Å². The highest BCUT2D eigenvalue weighted by Gasteiger charge is 2.12. The molecule has 0 saturated heterocycles. The predicted molar refractivity (Wildman–Crippen MR) is 67.2 cm³/mol. The van der Waals surface area contributed by atoms with E-state index >= 15 is 0 Å². The molecule has 2 aromatic rings. The summed E-state index contributed by atoms with van der Waals surface area (Å²) in [5.41, 5.74) is 1.75. The van der Waals surface area contributed by atoms with Crippen LogP contribution in [0.15, 0.2) is 23.2 Å². The number of thiophene rings is 1. The fourth-order valence-electron chi connectivity index (χ4n) is 1.06. The summed E-state index contributed by atoms with van der Waals surface area (Å²) >= 11 is 5.22. The van der Waals surface area contributed by atoms with Crippen molar-refractivity contribution >= 4 is 51.0 Å². The van der Waals surface area contributed by atoms with Crippen LogP contribution >= 0.6 is 45.3 Å². The summed E-state index contributed by atoms with van der Waals surface area (Å²) in [4.78, 5) is 17.6. The molecule has 0 N–H and O–H groups in total. The predicted octanol–water partition coefficient (Wildman–Crippen LogP) is 3.23.